The van der Waals surface area contributed by atoms with Crippen LogP contribution in [0.15, 0.2) is 36.9 Å². The number of nitrogens with zero attached hydrogens (tertiary/aromatic N) is 2. The molecule has 1 rings (SSSR count). The number of hydrogen-bond donors (Lipinski definition) is 0. The van der Waals surface area contributed by atoms with Gasteiger partial charge in [0.15, 0.2) is 0 Å². The zero-order chi connectivity index (χ0) is 13.5. The zero-order valence-electron chi connectivity index (χ0n) is 9.52. The molecule has 0 fully saturated rings. The monoisotopic (exact) mass is 268 g/mol. The first-order chi connectivity index (χ1) is 8.54. The highest BCUT2D eigenvalue weighted by molar-refractivity contribution is 7.99. The number of thioether (sulfide) groups is 1. The van der Waals surface area contributed by atoms with E-state index in [1.165, 1.54) is 23.9 Å². The fraction of sp³-hybridized carbons (Fsp3) is 0.273. The maximum atomic E-state index is 10.6. The number of rotatable bonds is 7. The van der Waals surface area contributed by atoms with Gasteiger partial charge in [-0.2, -0.15) is 0 Å². The van der Waals surface area contributed by atoms with Crippen molar-refractivity contribution in [1.29, 1.82) is 0 Å². The Hall–Kier alpha value is -1.89. The van der Waals surface area contributed by atoms with E-state index in [0.29, 0.717) is 11.3 Å². The van der Waals surface area contributed by atoms with Gasteiger partial charge in [-0.3, -0.25) is 20.2 Å². The molecule has 0 aliphatic carbocycles. The summed E-state index contributed by atoms with van der Waals surface area (Å²) in [6, 6.07) is 5.83. The smallest absolute Gasteiger partial charge is 0.264 e. The van der Waals surface area contributed by atoms with Crippen LogP contribution in [0.2, 0.25) is 0 Å². The van der Waals surface area contributed by atoms with Crippen LogP contribution in [-0.2, 0) is 0 Å². The predicted molar refractivity (Wildman–Crippen MR) is 70.4 cm³/mol. The highest BCUT2D eigenvalue weighted by Gasteiger charge is 2.18. The summed E-state index contributed by atoms with van der Waals surface area (Å²) in [4.78, 5) is 20.2. The van der Waals surface area contributed by atoms with Crippen LogP contribution in [0.3, 0.4) is 0 Å². The molecular formula is C11H12N2O4S. The molecule has 0 aliphatic rings. The summed E-state index contributed by atoms with van der Waals surface area (Å²) >= 11 is 1.39. The number of hydrogen-bond acceptors (Lipinski definition) is 5. The van der Waals surface area contributed by atoms with Gasteiger partial charge in [0.1, 0.15) is 0 Å². The zero-order valence-corrected chi connectivity index (χ0v) is 10.3. The van der Waals surface area contributed by atoms with Crippen molar-refractivity contribution in [2.75, 3.05) is 12.3 Å². The molecular weight excluding hydrogens is 256 g/mol. The van der Waals surface area contributed by atoms with Crippen molar-refractivity contribution in [3.05, 3.63) is 62.7 Å². The van der Waals surface area contributed by atoms with Crippen LogP contribution in [0.1, 0.15) is 10.8 Å². The minimum atomic E-state index is -0.497. The maximum Gasteiger partial charge on any atom is 0.269 e. The molecule has 18 heavy (non-hydrogen) atoms. The van der Waals surface area contributed by atoms with Gasteiger partial charge in [-0.05, 0) is 5.56 Å². The van der Waals surface area contributed by atoms with Gasteiger partial charge in [-0.15, -0.1) is 18.3 Å². The Bertz CT molecular complexity index is 447. The third-order valence-corrected chi connectivity index (χ3v) is 3.46. The largest absolute Gasteiger partial charge is 0.269 e. The average Bonchev–Trinajstić information content (AvgIpc) is 2.34. The Morgan fingerprint density at radius 3 is 2.33 bits per heavy atom. The topological polar surface area (TPSA) is 86.3 Å². The molecule has 0 aliphatic heterocycles. The average molecular weight is 268 g/mol. The molecule has 0 bridgehead atoms. The van der Waals surface area contributed by atoms with Crippen LogP contribution in [0, 0.1) is 20.2 Å². The van der Waals surface area contributed by atoms with Crippen LogP contribution in [0.25, 0.3) is 0 Å². The van der Waals surface area contributed by atoms with Crippen molar-refractivity contribution in [3.8, 4) is 0 Å². The van der Waals surface area contributed by atoms with Crippen LogP contribution < -0.4 is 0 Å². The van der Waals surface area contributed by atoms with E-state index in [-0.39, 0.29) is 22.4 Å². The van der Waals surface area contributed by atoms with Crippen molar-refractivity contribution < 1.29 is 9.85 Å². The van der Waals surface area contributed by atoms with Crippen molar-refractivity contribution in [3.63, 3.8) is 0 Å². The predicted octanol–water partition coefficient (Wildman–Crippen LogP) is 2.83. The van der Waals surface area contributed by atoms with Gasteiger partial charge in [-0.25, -0.2) is 0 Å². The van der Waals surface area contributed by atoms with Gasteiger partial charge in [0.05, 0.1) is 10.2 Å². The van der Waals surface area contributed by atoms with Crippen LogP contribution in [0.4, 0.5) is 5.69 Å². The third-order valence-electron chi connectivity index (χ3n) is 2.21. The van der Waals surface area contributed by atoms with E-state index in [2.05, 4.69) is 6.58 Å². The van der Waals surface area contributed by atoms with Gasteiger partial charge in [-0.1, -0.05) is 18.2 Å². The van der Waals surface area contributed by atoms with Crippen molar-refractivity contribution in [2.24, 2.45) is 0 Å². The first-order valence-electron chi connectivity index (χ1n) is 5.13. The van der Waals surface area contributed by atoms with Crippen molar-refractivity contribution in [1.82, 2.24) is 0 Å². The lowest BCUT2D eigenvalue weighted by atomic mass is 10.1. The molecule has 6 nitrogen and oxygen atoms in total. The third kappa shape index (κ3) is 4.17. The second kappa shape index (κ2) is 6.75. The SMILES string of the molecule is C=CCSC(C[N+](=O)[O-])c1ccc([N+](=O)[O-])cc1. The van der Waals surface area contributed by atoms with Crippen LogP contribution >= 0.6 is 11.8 Å². The van der Waals surface area contributed by atoms with E-state index >= 15 is 0 Å². The standard InChI is InChI=1S/C11H12N2O4S/c1-2-7-18-11(8-12(14)15)9-3-5-10(6-4-9)13(16)17/h2-6,11H,1,7-8H2. The second-order valence-electron chi connectivity index (χ2n) is 3.47. The summed E-state index contributed by atoms with van der Waals surface area (Å²) in [5.74, 6) is 0.593. The van der Waals surface area contributed by atoms with Crippen LogP contribution in [-0.4, -0.2) is 22.1 Å². The van der Waals surface area contributed by atoms with Gasteiger partial charge in [0, 0.05) is 22.8 Å². The van der Waals surface area contributed by atoms with Crippen molar-refractivity contribution >= 4 is 17.4 Å². The molecule has 1 atom stereocenters. The molecule has 1 unspecified atom stereocenters. The Labute approximate surface area is 108 Å². The molecule has 0 N–H and O–H groups in total. The molecule has 0 saturated carbocycles. The van der Waals surface area contributed by atoms with Crippen LogP contribution in [0.5, 0.6) is 0 Å². The lowest BCUT2D eigenvalue weighted by molar-refractivity contribution is -0.479. The molecule has 7 heteroatoms. The molecule has 1 aromatic carbocycles. The first kappa shape index (κ1) is 14.2. The molecule has 0 aromatic heterocycles. The molecule has 0 amide bonds. The summed E-state index contributed by atoms with van der Waals surface area (Å²) in [6.45, 7) is 3.35. The lowest BCUT2D eigenvalue weighted by Gasteiger charge is -2.11. The normalized spacial score (nSPS) is 11.8. The maximum absolute atomic E-state index is 10.6. The quantitative estimate of drug-likeness (QED) is 0.431. The van der Waals surface area contributed by atoms with E-state index < -0.39 is 4.92 Å². The van der Waals surface area contributed by atoms with Gasteiger partial charge >= 0.3 is 0 Å². The summed E-state index contributed by atoms with van der Waals surface area (Å²) < 4.78 is 0. The van der Waals surface area contributed by atoms with Gasteiger partial charge in [0.2, 0.25) is 6.54 Å². The summed E-state index contributed by atoms with van der Waals surface area (Å²) in [6.07, 6.45) is 1.67. The second-order valence-corrected chi connectivity index (χ2v) is 4.71. The summed E-state index contributed by atoms with van der Waals surface area (Å²) in [7, 11) is 0. The van der Waals surface area contributed by atoms with Crippen molar-refractivity contribution in [2.45, 2.75) is 5.25 Å². The number of nitro groups is 2. The van der Waals surface area contributed by atoms with E-state index in [0.717, 1.165) is 0 Å². The molecule has 96 valence electrons. The number of non-ortho nitro benzene ring substituents is 1. The highest BCUT2D eigenvalue weighted by Crippen LogP contribution is 2.30. The molecule has 0 spiro atoms. The molecule has 1 aromatic rings. The molecule has 0 radical (unpaired) electrons. The Kier molecular flexibility index (Phi) is 5.31. The van der Waals surface area contributed by atoms with E-state index in [1.54, 1.807) is 18.2 Å². The Morgan fingerprint density at radius 2 is 1.89 bits per heavy atom. The van der Waals surface area contributed by atoms with Gasteiger partial charge in [0.25, 0.3) is 5.69 Å². The minimum Gasteiger partial charge on any atom is -0.264 e. The molecule has 0 saturated heterocycles. The Morgan fingerprint density at radius 1 is 1.28 bits per heavy atom. The number of benzene rings is 1. The first-order valence-corrected chi connectivity index (χ1v) is 6.18. The number of nitro benzene ring substituents is 1. The van der Waals surface area contributed by atoms with Gasteiger partial charge < -0.3 is 0 Å². The van der Waals surface area contributed by atoms with E-state index in [9.17, 15) is 20.2 Å². The molecule has 0 heterocycles. The van der Waals surface area contributed by atoms with E-state index in [1.807, 2.05) is 0 Å². The Balaban J connectivity index is 2.86. The fourth-order valence-corrected chi connectivity index (χ4v) is 2.33. The lowest BCUT2D eigenvalue weighted by Crippen LogP contribution is -2.10. The minimum absolute atomic E-state index is 0.0210. The fourth-order valence-electron chi connectivity index (χ4n) is 1.38. The highest BCUT2D eigenvalue weighted by atomic mass is 32.2. The summed E-state index contributed by atoms with van der Waals surface area (Å²) in [5, 5.41) is 20.8. The summed E-state index contributed by atoms with van der Waals surface area (Å²) in [5.41, 5.74) is 0.691. The van der Waals surface area contributed by atoms with E-state index in [4.69, 9.17) is 0 Å².